The second kappa shape index (κ2) is 6.15. The predicted molar refractivity (Wildman–Crippen MR) is 98.6 cm³/mol. The Balaban J connectivity index is 2.14. The average Bonchev–Trinajstić information content (AvgIpc) is 2.80. The van der Waals surface area contributed by atoms with Gasteiger partial charge in [0.2, 0.25) is 0 Å². The third-order valence-corrected chi connectivity index (χ3v) is 5.17. The number of rotatable bonds is 3. The number of hydrogen-bond donors (Lipinski definition) is 1. The zero-order chi connectivity index (χ0) is 17.6. The lowest BCUT2D eigenvalue weighted by Gasteiger charge is -2.11. The van der Waals surface area contributed by atoms with Crippen molar-refractivity contribution >= 4 is 40.1 Å². The number of aryl methyl sites for hydroxylation is 3. The molecule has 0 fully saturated rings. The number of carboxylic acid groups (broad SMARTS) is 1. The fourth-order valence-corrected chi connectivity index (χ4v) is 3.70. The molecule has 3 nitrogen and oxygen atoms in total. The molecule has 0 aliphatic rings. The zero-order valence-electron chi connectivity index (χ0n) is 13.7. The van der Waals surface area contributed by atoms with Crippen molar-refractivity contribution in [3.63, 3.8) is 0 Å². The molecule has 0 saturated carbocycles. The summed E-state index contributed by atoms with van der Waals surface area (Å²) in [6.07, 6.45) is 0.475. The Kier molecular flexibility index (Phi) is 4.33. The summed E-state index contributed by atoms with van der Waals surface area (Å²) in [5.74, 6) is -1.05. The fraction of sp³-hybridized carbons (Fsp3) is 0.211. The van der Waals surface area contributed by atoms with Gasteiger partial charge >= 0.3 is 5.97 Å². The van der Waals surface area contributed by atoms with Crippen LogP contribution in [0.5, 0.6) is 0 Å². The summed E-state index contributed by atoms with van der Waals surface area (Å²) in [7, 11) is 2.00. The average molecular weight is 362 g/mol. The van der Waals surface area contributed by atoms with E-state index < -0.39 is 5.97 Å². The molecule has 124 valence electrons. The first kappa shape index (κ1) is 16.9. The molecule has 0 spiro atoms. The molecule has 1 heterocycles. The van der Waals surface area contributed by atoms with Gasteiger partial charge in [0.25, 0.3) is 0 Å². The summed E-state index contributed by atoms with van der Waals surface area (Å²) >= 11 is 12.6. The van der Waals surface area contributed by atoms with Crippen LogP contribution in [0.1, 0.15) is 32.7 Å². The lowest BCUT2D eigenvalue weighted by molar-refractivity contribution is 0.0697. The third kappa shape index (κ3) is 2.79. The summed E-state index contributed by atoms with van der Waals surface area (Å²) < 4.78 is 2.11. The number of carbonyl (C=O) groups is 1. The number of nitrogens with zero attached hydrogens (tertiary/aromatic N) is 1. The van der Waals surface area contributed by atoms with E-state index in [2.05, 4.69) is 36.6 Å². The summed E-state index contributed by atoms with van der Waals surface area (Å²) in [5.41, 5.74) is 5.30. The van der Waals surface area contributed by atoms with Crippen molar-refractivity contribution in [2.45, 2.75) is 20.3 Å². The van der Waals surface area contributed by atoms with Crippen molar-refractivity contribution in [3.8, 4) is 0 Å². The van der Waals surface area contributed by atoms with Crippen molar-refractivity contribution < 1.29 is 9.90 Å². The van der Waals surface area contributed by atoms with Crippen molar-refractivity contribution in [2.24, 2.45) is 7.05 Å². The first-order chi connectivity index (χ1) is 11.3. The summed E-state index contributed by atoms with van der Waals surface area (Å²) in [5, 5.41) is 11.1. The Morgan fingerprint density at radius 3 is 2.54 bits per heavy atom. The summed E-state index contributed by atoms with van der Waals surface area (Å²) in [6.45, 7) is 4.16. The Bertz CT molecular complexity index is 973. The number of aromatic nitrogens is 1. The van der Waals surface area contributed by atoms with E-state index in [9.17, 15) is 9.90 Å². The molecule has 0 saturated heterocycles. The van der Waals surface area contributed by atoms with Crippen LogP contribution in [-0.2, 0) is 13.5 Å². The minimum atomic E-state index is -1.05. The molecule has 3 aromatic rings. The van der Waals surface area contributed by atoms with Crippen molar-refractivity contribution in [1.82, 2.24) is 4.57 Å². The maximum atomic E-state index is 11.3. The topological polar surface area (TPSA) is 42.2 Å². The zero-order valence-corrected chi connectivity index (χ0v) is 15.2. The fourth-order valence-electron chi connectivity index (χ4n) is 3.12. The second-order valence-corrected chi connectivity index (χ2v) is 6.86. The summed E-state index contributed by atoms with van der Waals surface area (Å²) in [4.78, 5) is 11.3. The van der Waals surface area contributed by atoms with Crippen molar-refractivity contribution in [2.75, 3.05) is 0 Å². The molecule has 0 radical (unpaired) electrons. The lowest BCUT2D eigenvalue weighted by Crippen LogP contribution is -2.03. The van der Waals surface area contributed by atoms with E-state index in [0.717, 1.165) is 11.2 Å². The van der Waals surface area contributed by atoms with Gasteiger partial charge in [-0.15, -0.1) is 0 Å². The van der Waals surface area contributed by atoms with Crippen LogP contribution in [0.25, 0.3) is 10.9 Å². The van der Waals surface area contributed by atoms with Crippen LogP contribution in [0.4, 0.5) is 0 Å². The molecule has 3 rings (SSSR count). The molecule has 1 N–H and O–H groups in total. The molecule has 5 heteroatoms. The van der Waals surface area contributed by atoms with E-state index in [1.54, 1.807) is 6.07 Å². The number of halogens is 2. The molecule has 0 unspecified atom stereocenters. The van der Waals surface area contributed by atoms with Gasteiger partial charge in [-0.3, -0.25) is 0 Å². The van der Waals surface area contributed by atoms with Gasteiger partial charge in [0.1, 0.15) is 0 Å². The smallest absolute Gasteiger partial charge is 0.337 e. The van der Waals surface area contributed by atoms with Gasteiger partial charge in [-0.1, -0.05) is 29.3 Å². The van der Waals surface area contributed by atoms with Crippen molar-refractivity contribution in [3.05, 3.63) is 68.3 Å². The Morgan fingerprint density at radius 1 is 1.17 bits per heavy atom. The predicted octanol–water partition coefficient (Wildman–Crippen LogP) is 5.39. The normalized spacial score (nSPS) is 11.2. The van der Waals surface area contributed by atoms with Crippen LogP contribution in [0.2, 0.25) is 10.0 Å². The highest BCUT2D eigenvalue weighted by Gasteiger charge is 2.18. The largest absolute Gasteiger partial charge is 0.478 e. The highest BCUT2D eigenvalue weighted by molar-refractivity contribution is 6.38. The standard InChI is InChI=1S/C19H17Cl2NO2/c1-10-6-11(2)14-8-12(22(3)17(14)7-10)9-15-16(20)5-4-13(18(15)21)19(23)24/h4-8H,9H2,1-3H3,(H,23,24). The van der Waals surface area contributed by atoms with E-state index in [1.807, 2.05) is 7.05 Å². The van der Waals surface area contributed by atoms with E-state index in [0.29, 0.717) is 17.0 Å². The molecule has 0 bridgehead atoms. The second-order valence-electron chi connectivity index (χ2n) is 6.08. The quantitative estimate of drug-likeness (QED) is 0.679. The minimum Gasteiger partial charge on any atom is -0.478 e. The lowest BCUT2D eigenvalue weighted by atomic mass is 10.0. The molecule has 0 aliphatic carbocycles. The molecule has 24 heavy (non-hydrogen) atoms. The summed E-state index contributed by atoms with van der Waals surface area (Å²) in [6, 6.07) is 9.43. The van der Waals surface area contributed by atoms with E-state index in [-0.39, 0.29) is 10.6 Å². The van der Waals surface area contributed by atoms with Crippen LogP contribution < -0.4 is 0 Å². The van der Waals surface area contributed by atoms with Gasteiger partial charge in [-0.05, 0) is 54.8 Å². The number of hydrogen-bond acceptors (Lipinski definition) is 1. The molecular weight excluding hydrogens is 345 g/mol. The van der Waals surface area contributed by atoms with Crippen LogP contribution >= 0.6 is 23.2 Å². The molecule has 2 aromatic carbocycles. The van der Waals surface area contributed by atoms with Crippen LogP contribution in [0.15, 0.2) is 30.3 Å². The number of carboxylic acids is 1. The van der Waals surface area contributed by atoms with Gasteiger partial charge in [0, 0.05) is 35.1 Å². The van der Waals surface area contributed by atoms with Crippen molar-refractivity contribution in [1.29, 1.82) is 0 Å². The first-order valence-electron chi connectivity index (χ1n) is 7.55. The number of aromatic carboxylic acids is 1. The SMILES string of the molecule is Cc1cc(C)c2cc(Cc3c(Cl)ccc(C(=O)O)c3Cl)n(C)c2c1. The van der Waals surface area contributed by atoms with Gasteiger partial charge in [0.05, 0.1) is 10.6 Å². The molecule has 0 aliphatic heterocycles. The third-order valence-electron chi connectivity index (χ3n) is 4.39. The van der Waals surface area contributed by atoms with E-state index >= 15 is 0 Å². The van der Waals surface area contributed by atoms with Gasteiger partial charge in [-0.2, -0.15) is 0 Å². The number of fused-ring (bicyclic) bond motifs is 1. The highest BCUT2D eigenvalue weighted by Crippen LogP contribution is 2.32. The molecule has 0 atom stereocenters. The Labute approximate surface area is 150 Å². The van der Waals surface area contributed by atoms with Crippen LogP contribution in [0, 0.1) is 13.8 Å². The van der Waals surface area contributed by atoms with E-state index in [4.69, 9.17) is 23.2 Å². The van der Waals surface area contributed by atoms with Crippen LogP contribution in [0.3, 0.4) is 0 Å². The van der Waals surface area contributed by atoms with Gasteiger partial charge in [0.15, 0.2) is 0 Å². The molecular formula is C19H17Cl2NO2. The molecule has 1 aromatic heterocycles. The van der Waals surface area contributed by atoms with Gasteiger partial charge < -0.3 is 9.67 Å². The van der Waals surface area contributed by atoms with Crippen LogP contribution in [-0.4, -0.2) is 15.6 Å². The monoisotopic (exact) mass is 361 g/mol. The minimum absolute atomic E-state index is 0.0712. The Morgan fingerprint density at radius 2 is 1.88 bits per heavy atom. The maximum absolute atomic E-state index is 11.3. The Hall–Kier alpha value is -1.97. The first-order valence-corrected chi connectivity index (χ1v) is 8.31. The number of benzene rings is 2. The van der Waals surface area contributed by atoms with Gasteiger partial charge in [-0.25, -0.2) is 4.79 Å². The highest BCUT2D eigenvalue weighted by atomic mass is 35.5. The van der Waals surface area contributed by atoms with E-state index in [1.165, 1.54) is 22.6 Å². The maximum Gasteiger partial charge on any atom is 0.337 e. The molecule has 0 amide bonds.